The number of rotatable bonds is 11. The predicted molar refractivity (Wildman–Crippen MR) is 97.6 cm³/mol. The Labute approximate surface area is 155 Å². The van der Waals surface area contributed by atoms with Crippen LogP contribution in [-0.2, 0) is 36.7 Å². The molecule has 26 heavy (non-hydrogen) atoms. The monoisotopic (exact) mass is 360 g/mol. The fourth-order valence-electron chi connectivity index (χ4n) is 3.25. The average Bonchev–Trinajstić information content (AvgIpc) is 3.39. The van der Waals surface area contributed by atoms with Gasteiger partial charge in [-0.25, -0.2) is 0 Å². The summed E-state index contributed by atoms with van der Waals surface area (Å²) >= 11 is 0. The Bertz CT molecular complexity index is 616. The molecule has 0 heterocycles. The van der Waals surface area contributed by atoms with E-state index in [1.165, 1.54) is 7.11 Å². The second-order valence-electron chi connectivity index (χ2n) is 7.19. The van der Waals surface area contributed by atoms with Gasteiger partial charge in [-0.15, -0.1) is 0 Å². The van der Waals surface area contributed by atoms with Crippen molar-refractivity contribution in [1.29, 1.82) is 0 Å². The molecule has 2 rings (SSSR count). The molecule has 1 aromatic rings. The minimum atomic E-state index is -0.264. The van der Waals surface area contributed by atoms with Crippen molar-refractivity contribution < 1.29 is 23.9 Å². The number of carbonyl (C=O) groups excluding carboxylic acids is 3. The van der Waals surface area contributed by atoms with Gasteiger partial charge in [-0.1, -0.05) is 24.3 Å². The molecule has 1 unspecified atom stereocenters. The molecule has 0 aromatic heterocycles. The van der Waals surface area contributed by atoms with Gasteiger partial charge in [0.2, 0.25) is 0 Å². The summed E-state index contributed by atoms with van der Waals surface area (Å²) in [5.41, 5.74) is 2.03. The summed E-state index contributed by atoms with van der Waals surface area (Å²) in [7, 11) is 1.37. The molecule has 5 nitrogen and oxygen atoms in total. The third-order valence-electron chi connectivity index (χ3n) is 5.12. The van der Waals surface area contributed by atoms with E-state index in [1.54, 1.807) is 0 Å². The highest BCUT2D eigenvalue weighted by Crippen LogP contribution is 2.53. The summed E-state index contributed by atoms with van der Waals surface area (Å²) in [5, 5.41) is 0. The zero-order chi connectivity index (χ0) is 19.0. The molecule has 0 radical (unpaired) electrons. The van der Waals surface area contributed by atoms with Gasteiger partial charge in [-0.3, -0.25) is 9.59 Å². The fraction of sp³-hybridized carbons (Fsp3) is 0.571. The van der Waals surface area contributed by atoms with Crippen LogP contribution in [-0.4, -0.2) is 31.9 Å². The van der Waals surface area contributed by atoms with E-state index < -0.39 is 0 Å². The lowest BCUT2D eigenvalue weighted by Crippen LogP contribution is -2.15. The van der Waals surface area contributed by atoms with Crippen LogP contribution in [0.4, 0.5) is 0 Å². The topological polar surface area (TPSA) is 69.7 Å². The number of ether oxygens (including phenoxy) is 2. The second-order valence-corrected chi connectivity index (χ2v) is 7.19. The molecule has 1 atom stereocenters. The predicted octanol–water partition coefficient (Wildman–Crippen LogP) is 3.27. The van der Waals surface area contributed by atoms with Crippen molar-refractivity contribution in [3.05, 3.63) is 35.4 Å². The smallest absolute Gasteiger partial charge is 0.309 e. The van der Waals surface area contributed by atoms with Crippen LogP contribution in [0.25, 0.3) is 0 Å². The molecular formula is C21H28O5. The molecule has 0 spiro atoms. The summed E-state index contributed by atoms with van der Waals surface area (Å²) in [6, 6.07) is 7.72. The number of hydrogen-bond donors (Lipinski definition) is 0. The van der Waals surface area contributed by atoms with Crippen molar-refractivity contribution in [3.8, 4) is 0 Å². The van der Waals surface area contributed by atoms with Crippen molar-refractivity contribution in [3.63, 3.8) is 0 Å². The highest BCUT2D eigenvalue weighted by molar-refractivity contribution is 5.72. The van der Waals surface area contributed by atoms with Gasteiger partial charge in [0.1, 0.15) is 6.29 Å². The van der Waals surface area contributed by atoms with Gasteiger partial charge < -0.3 is 14.3 Å². The lowest BCUT2D eigenvalue weighted by atomic mass is 9.88. The van der Waals surface area contributed by atoms with E-state index in [0.29, 0.717) is 19.4 Å². The van der Waals surface area contributed by atoms with Crippen molar-refractivity contribution in [1.82, 2.24) is 0 Å². The molecular weight excluding hydrogens is 332 g/mol. The van der Waals surface area contributed by atoms with Crippen LogP contribution >= 0.6 is 0 Å². The highest BCUT2D eigenvalue weighted by atomic mass is 16.5. The first-order valence-corrected chi connectivity index (χ1v) is 9.26. The minimum absolute atomic E-state index is 0.0535. The normalized spacial score (nSPS) is 15.8. The molecule has 0 saturated heterocycles. The standard InChI is InChI=1S/C21H28O5/c1-3-26-20(24)14-21(10-11-21)9-8-18(15-22)12-16-4-6-17(7-5-16)13-19(23)25-2/h4-7,15,18H,3,8-14H2,1-2H3. The van der Waals surface area contributed by atoms with Crippen LogP contribution in [0.5, 0.6) is 0 Å². The molecule has 142 valence electrons. The van der Waals surface area contributed by atoms with E-state index in [2.05, 4.69) is 4.74 Å². The van der Waals surface area contributed by atoms with E-state index >= 15 is 0 Å². The van der Waals surface area contributed by atoms with Gasteiger partial charge in [0.15, 0.2) is 0 Å². The van der Waals surface area contributed by atoms with E-state index in [4.69, 9.17) is 4.74 Å². The third-order valence-corrected chi connectivity index (χ3v) is 5.12. The molecule has 0 aliphatic heterocycles. The average molecular weight is 360 g/mol. The molecule has 0 N–H and O–H groups in total. The SMILES string of the molecule is CCOC(=O)CC1(CCC(C=O)Cc2ccc(CC(=O)OC)cc2)CC1. The van der Waals surface area contributed by atoms with Gasteiger partial charge in [-0.05, 0) is 55.6 Å². The maximum absolute atomic E-state index is 11.7. The van der Waals surface area contributed by atoms with Crippen LogP contribution in [0.3, 0.4) is 0 Å². The number of benzene rings is 1. The lowest BCUT2D eigenvalue weighted by Gasteiger charge is -2.17. The van der Waals surface area contributed by atoms with Gasteiger partial charge in [-0.2, -0.15) is 0 Å². The summed E-state index contributed by atoms with van der Waals surface area (Å²) in [4.78, 5) is 34.5. The van der Waals surface area contributed by atoms with Crippen molar-refractivity contribution in [2.45, 2.75) is 51.9 Å². The highest BCUT2D eigenvalue weighted by Gasteiger charge is 2.44. The maximum atomic E-state index is 11.7. The fourth-order valence-corrected chi connectivity index (χ4v) is 3.25. The third kappa shape index (κ3) is 6.28. The zero-order valence-electron chi connectivity index (χ0n) is 15.7. The van der Waals surface area contributed by atoms with E-state index in [9.17, 15) is 14.4 Å². The van der Waals surface area contributed by atoms with E-state index in [0.717, 1.165) is 43.1 Å². The molecule has 0 amide bonds. The Balaban J connectivity index is 1.83. The second kappa shape index (κ2) is 9.51. The molecule has 1 aliphatic rings. The Kier molecular flexibility index (Phi) is 7.37. The number of methoxy groups -OCH3 is 1. The maximum Gasteiger partial charge on any atom is 0.309 e. The minimum Gasteiger partial charge on any atom is -0.469 e. The largest absolute Gasteiger partial charge is 0.469 e. The number of carbonyl (C=O) groups is 3. The summed E-state index contributed by atoms with van der Waals surface area (Å²) in [6.07, 6.45) is 6.17. The number of hydrogen-bond acceptors (Lipinski definition) is 5. The van der Waals surface area contributed by atoms with Crippen molar-refractivity contribution in [2.75, 3.05) is 13.7 Å². The Hall–Kier alpha value is -2.17. The molecule has 1 saturated carbocycles. The van der Waals surface area contributed by atoms with Crippen LogP contribution in [0.1, 0.15) is 50.2 Å². The first-order chi connectivity index (χ1) is 12.5. The number of aldehydes is 1. The van der Waals surface area contributed by atoms with Crippen LogP contribution in [0.2, 0.25) is 0 Å². The molecule has 5 heteroatoms. The van der Waals surface area contributed by atoms with Gasteiger partial charge in [0.25, 0.3) is 0 Å². The Morgan fingerprint density at radius 1 is 1.15 bits per heavy atom. The van der Waals surface area contributed by atoms with E-state index in [1.807, 2.05) is 31.2 Å². The van der Waals surface area contributed by atoms with Crippen LogP contribution < -0.4 is 0 Å². The molecule has 1 fully saturated rings. The van der Waals surface area contributed by atoms with Crippen LogP contribution in [0.15, 0.2) is 24.3 Å². The zero-order valence-corrected chi connectivity index (χ0v) is 15.7. The summed E-state index contributed by atoms with van der Waals surface area (Å²) in [6.45, 7) is 2.23. The summed E-state index contributed by atoms with van der Waals surface area (Å²) in [5.74, 6) is -0.449. The quantitative estimate of drug-likeness (QED) is 0.447. The Morgan fingerprint density at radius 2 is 1.81 bits per heavy atom. The Morgan fingerprint density at radius 3 is 2.35 bits per heavy atom. The van der Waals surface area contributed by atoms with Gasteiger partial charge >= 0.3 is 11.9 Å². The lowest BCUT2D eigenvalue weighted by molar-refractivity contribution is -0.144. The number of esters is 2. The first kappa shape index (κ1) is 20.1. The van der Waals surface area contributed by atoms with Crippen molar-refractivity contribution >= 4 is 18.2 Å². The van der Waals surface area contributed by atoms with E-state index in [-0.39, 0.29) is 29.7 Å². The molecule has 0 bridgehead atoms. The van der Waals surface area contributed by atoms with Gasteiger partial charge in [0, 0.05) is 5.92 Å². The molecule has 1 aromatic carbocycles. The molecule has 1 aliphatic carbocycles. The van der Waals surface area contributed by atoms with Crippen LogP contribution in [0, 0.1) is 11.3 Å². The van der Waals surface area contributed by atoms with Crippen molar-refractivity contribution in [2.24, 2.45) is 11.3 Å². The first-order valence-electron chi connectivity index (χ1n) is 9.26. The summed E-state index contributed by atoms with van der Waals surface area (Å²) < 4.78 is 9.71. The van der Waals surface area contributed by atoms with Gasteiger partial charge in [0.05, 0.1) is 26.6 Å².